The minimum Gasteiger partial charge on any atom is -0.497 e. The molecule has 0 saturated carbocycles. The standard InChI is InChI=1S/C25H23NO4/c1-16-23-18(13-22-20-5-3-4-6-21(20)25(27)30-24(16)22)14-26(15-29-23)12-11-17-7-9-19(28-2)10-8-17/h3-10,13H,11-12,14-15H2,1-2H3/p+1. The molecule has 1 aromatic heterocycles. The fourth-order valence-electron chi connectivity index (χ4n) is 4.33. The lowest BCUT2D eigenvalue weighted by atomic mass is 10.00. The highest BCUT2D eigenvalue weighted by Crippen LogP contribution is 2.34. The lowest BCUT2D eigenvalue weighted by Crippen LogP contribution is -3.12. The van der Waals surface area contributed by atoms with Crippen LogP contribution in [0.3, 0.4) is 0 Å². The van der Waals surface area contributed by atoms with Crippen molar-refractivity contribution in [2.45, 2.75) is 19.9 Å². The number of nitrogens with one attached hydrogen (secondary N) is 1. The predicted octanol–water partition coefficient (Wildman–Crippen LogP) is 3.24. The maximum absolute atomic E-state index is 12.4. The number of benzene rings is 3. The van der Waals surface area contributed by atoms with Gasteiger partial charge in [0.05, 0.1) is 19.0 Å². The second-order valence-corrected chi connectivity index (χ2v) is 7.87. The molecule has 1 unspecified atom stereocenters. The molecule has 30 heavy (non-hydrogen) atoms. The number of hydrogen-bond acceptors (Lipinski definition) is 4. The molecule has 1 aliphatic heterocycles. The van der Waals surface area contributed by atoms with Gasteiger partial charge in [-0.1, -0.05) is 30.3 Å². The summed E-state index contributed by atoms with van der Waals surface area (Å²) < 4.78 is 17.0. The first kappa shape index (κ1) is 18.7. The summed E-state index contributed by atoms with van der Waals surface area (Å²) in [5, 5.41) is 2.52. The Hall–Kier alpha value is -3.31. The van der Waals surface area contributed by atoms with E-state index in [4.69, 9.17) is 13.9 Å². The molecule has 0 aliphatic carbocycles. The first-order chi connectivity index (χ1) is 14.6. The molecule has 1 aliphatic rings. The fraction of sp³-hybridized carbons (Fsp3) is 0.240. The molecule has 0 bridgehead atoms. The van der Waals surface area contributed by atoms with Crippen molar-refractivity contribution in [3.05, 3.63) is 81.7 Å². The molecule has 5 heteroatoms. The van der Waals surface area contributed by atoms with Crippen LogP contribution in [0.2, 0.25) is 0 Å². The zero-order chi connectivity index (χ0) is 20.7. The third-order valence-corrected chi connectivity index (χ3v) is 5.96. The van der Waals surface area contributed by atoms with E-state index in [0.717, 1.165) is 52.9 Å². The highest BCUT2D eigenvalue weighted by molar-refractivity contribution is 6.06. The summed E-state index contributed by atoms with van der Waals surface area (Å²) in [5.74, 6) is 1.73. The van der Waals surface area contributed by atoms with Crippen LogP contribution in [-0.2, 0) is 13.0 Å². The van der Waals surface area contributed by atoms with Gasteiger partial charge in [0.1, 0.15) is 23.6 Å². The Morgan fingerprint density at radius 1 is 1.03 bits per heavy atom. The Kier molecular flexibility index (Phi) is 4.68. The first-order valence-corrected chi connectivity index (χ1v) is 10.2. The second kappa shape index (κ2) is 7.50. The topological polar surface area (TPSA) is 53.1 Å². The van der Waals surface area contributed by atoms with Gasteiger partial charge in [0, 0.05) is 22.9 Å². The summed E-state index contributed by atoms with van der Waals surface area (Å²) in [5.41, 5.74) is 3.67. The van der Waals surface area contributed by atoms with Crippen LogP contribution in [0, 0.1) is 6.92 Å². The molecule has 5 rings (SSSR count). The van der Waals surface area contributed by atoms with Gasteiger partial charge in [0.2, 0.25) is 6.73 Å². The van der Waals surface area contributed by atoms with E-state index in [0.29, 0.717) is 17.7 Å². The highest BCUT2D eigenvalue weighted by atomic mass is 16.5. The van der Waals surface area contributed by atoms with Gasteiger partial charge in [0.25, 0.3) is 0 Å². The van der Waals surface area contributed by atoms with Crippen LogP contribution in [0.1, 0.15) is 16.7 Å². The van der Waals surface area contributed by atoms with Crippen molar-refractivity contribution in [3.63, 3.8) is 0 Å². The zero-order valence-corrected chi connectivity index (χ0v) is 17.2. The van der Waals surface area contributed by atoms with Crippen LogP contribution in [0.25, 0.3) is 21.7 Å². The summed E-state index contributed by atoms with van der Waals surface area (Å²) in [6, 6.07) is 18.0. The minimum absolute atomic E-state index is 0.302. The number of fused-ring (bicyclic) bond motifs is 4. The van der Waals surface area contributed by atoms with Gasteiger partial charge in [-0.2, -0.15) is 0 Å². The van der Waals surface area contributed by atoms with Gasteiger partial charge >= 0.3 is 5.63 Å². The van der Waals surface area contributed by atoms with Gasteiger partial charge in [-0.15, -0.1) is 0 Å². The SMILES string of the molecule is COc1ccc(CC[NH+]2COc3c(cc4c(oc(=O)c5ccccc54)c3C)C2)cc1. The predicted molar refractivity (Wildman–Crippen MR) is 116 cm³/mol. The van der Waals surface area contributed by atoms with E-state index in [-0.39, 0.29) is 5.63 Å². The first-order valence-electron chi connectivity index (χ1n) is 10.2. The van der Waals surface area contributed by atoms with Crippen molar-refractivity contribution in [3.8, 4) is 11.5 Å². The third-order valence-electron chi connectivity index (χ3n) is 5.96. The Balaban J connectivity index is 1.45. The molecule has 5 nitrogen and oxygen atoms in total. The molecule has 0 radical (unpaired) electrons. The number of ether oxygens (including phenoxy) is 2. The summed E-state index contributed by atoms with van der Waals surface area (Å²) >= 11 is 0. The Bertz CT molecular complexity index is 1290. The van der Waals surface area contributed by atoms with E-state index in [1.165, 1.54) is 10.5 Å². The molecule has 4 aromatic rings. The van der Waals surface area contributed by atoms with Crippen molar-refractivity contribution in [1.29, 1.82) is 0 Å². The highest BCUT2D eigenvalue weighted by Gasteiger charge is 2.25. The van der Waals surface area contributed by atoms with Crippen LogP contribution < -0.4 is 20.0 Å². The van der Waals surface area contributed by atoms with Crippen molar-refractivity contribution < 1.29 is 18.8 Å². The monoisotopic (exact) mass is 402 g/mol. The molecule has 0 fully saturated rings. The summed E-state index contributed by atoms with van der Waals surface area (Å²) in [6.45, 7) is 4.44. The minimum atomic E-state index is -0.302. The van der Waals surface area contributed by atoms with E-state index in [1.807, 2.05) is 43.3 Å². The molecule has 2 heterocycles. The molecule has 0 saturated heterocycles. The van der Waals surface area contributed by atoms with E-state index >= 15 is 0 Å². The van der Waals surface area contributed by atoms with E-state index < -0.39 is 0 Å². The summed E-state index contributed by atoms with van der Waals surface area (Å²) in [4.78, 5) is 13.8. The van der Waals surface area contributed by atoms with Gasteiger partial charge in [-0.25, -0.2) is 4.79 Å². The van der Waals surface area contributed by atoms with Crippen LogP contribution in [0.5, 0.6) is 11.5 Å². The number of hydrogen-bond donors (Lipinski definition) is 1. The quantitative estimate of drug-likeness (QED) is 0.421. The van der Waals surface area contributed by atoms with Crippen LogP contribution in [0.4, 0.5) is 0 Å². The van der Waals surface area contributed by atoms with E-state index in [9.17, 15) is 4.79 Å². The smallest absolute Gasteiger partial charge is 0.344 e. The van der Waals surface area contributed by atoms with Crippen LogP contribution >= 0.6 is 0 Å². The fourth-order valence-corrected chi connectivity index (χ4v) is 4.33. The van der Waals surface area contributed by atoms with Gasteiger partial charge in [0.15, 0.2) is 0 Å². The van der Waals surface area contributed by atoms with Crippen LogP contribution in [0.15, 0.2) is 63.8 Å². The largest absolute Gasteiger partial charge is 0.497 e. The van der Waals surface area contributed by atoms with E-state index in [1.54, 1.807) is 7.11 Å². The number of rotatable bonds is 4. The second-order valence-electron chi connectivity index (χ2n) is 7.87. The van der Waals surface area contributed by atoms with Crippen molar-refractivity contribution in [2.75, 3.05) is 20.4 Å². The number of aryl methyl sites for hydroxylation is 1. The lowest BCUT2D eigenvalue weighted by Gasteiger charge is -2.27. The molecular formula is C25H24NO4+. The van der Waals surface area contributed by atoms with Gasteiger partial charge in [-0.05, 0) is 42.1 Å². The Morgan fingerprint density at radius 2 is 1.80 bits per heavy atom. The molecular weight excluding hydrogens is 378 g/mol. The van der Waals surface area contributed by atoms with Gasteiger partial charge < -0.3 is 13.9 Å². The van der Waals surface area contributed by atoms with E-state index in [2.05, 4.69) is 18.2 Å². The number of quaternary nitrogens is 1. The lowest BCUT2D eigenvalue weighted by molar-refractivity contribution is -0.932. The normalized spacial score (nSPS) is 15.7. The Morgan fingerprint density at radius 3 is 2.57 bits per heavy atom. The van der Waals surface area contributed by atoms with Crippen molar-refractivity contribution >= 4 is 21.7 Å². The Labute approximate surface area is 174 Å². The third kappa shape index (κ3) is 3.21. The molecule has 1 atom stereocenters. The maximum atomic E-state index is 12.4. The molecule has 152 valence electrons. The maximum Gasteiger partial charge on any atom is 0.344 e. The van der Waals surface area contributed by atoms with Gasteiger partial charge in [-0.3, -0.25) is 4.90 Å². The van der Waals surface area contributed by atoms with Crippen molar-refractivity contribution in [2.24, 2.45) is 0 Å². The number of methoxy groups -OCH3 is 1. The summed E-state index contributed by atoms with van der Waals surface area (Å²) in [7, 11) is 1.68. The van der Waals surface area contributed by atoms with Crippen LogP contribution in [-0.4, -0.2) is 20.4 Å². The molecule has 1 N–H and O–H groups in total. The summed E-state index contributed by atoms with van der Waals surface area (Å²) in [6.07, 6.45) is 0.975. The molecule has 0 spiro atoms. The average Bonchev–Trinajstić information content (AvgIpc) is 2.79. The average molecular weight is 402 g/mol. The zero-order valence-electron chi connectivity index (χ0n) is 17.2. The molecule has 0 amide bonds. The molecule has 3 aromatic carbocycles. The van der Waals surface area contributed by atoms with Crippen molar-refractivity contribution in [1.82, 2.24) is 0 Å².